The zero-order chi connectivity index (χ0) is 16.3. The van der Waals surface area contributed by atoms with E-state index in [-0.39, 0.29) is 12.1 Å². The smallest absolute Gasteiger partial charge is 0.410 e. The standard InChI is InChI=1S/C16H30N2O4/c1-5-21-12-6-8-17(9-7-12)13-10-18(11-14(13)19)15(20)22-16(2,3)4/h12-14,19H,5-11H2,1-4H3/t13-,14-/m1/s1. The highest BCUT2D eigenvalue weighted by Crippen LogP contribution is 2.23. The zero-order valence-corrected chi connectivity index (χ0v) is 14.2. The summed E-state index contributed by atoms with van der Waals surface area (Å²) in [6.45, 7) is 11.0. The number of carbonyl (C=O) groups is 1. The lowest BCUT2D eigenvalue weighted by Gasteiger charge is -2.36. The Labute approximate surface area is 133 Å². The van der Waals surface area contributed by atoms with Crippen LogP contribution in [0.3, 0.4) is 0 Å². The topological polar surface area (TPSA) is 62.2 Å². The molecule has 0 unspecified atom stereocenters. The molecule has 22 heavy (non-hydrogen) atoms. The summed E-state index contributed by atoms with van der Waals surface area (Å²) in [5.74, 6) is 0. The summed E-state index contributed by atoms with van der Waals surface area (Å²) in [4.78, 5) is 16.0. The molecule has 2 atom stereocenters. The van der Waals surface area contributed by atoms with Crippen LogP contribution < -0.4 is 0 Å². The molecule has 1 N–H and O–H groups in total. The third-order valence-electron chi connectivity index (χ3n) is 4.26. The molecule has 2 heterocycles. The van der Waals surface area contributed by atoms with Gasteiger partial charge in [-0.25, -0.2) is 4.79 Å². The van der Waals surface area contributed by atoms with Crippen molar-refractivity contribution in [3.05, 3.63) is 0 Å². The second kappa shape index (κ2) is 7.15. The maximum atomic E-state index is 12.1. The van der Waals surface area contributed by atoms with E-state index in [1.807, 2.05) is 27.7 Å². The van der Waals surface area contributed by atoms with Gasteiger partial charge in [0.05, 0.1) is 24.8 Å². The minimum atomic E-state index is -0.504. The van der Waals surface area contributed by atoms with Crippen molar-refractivity contribution in [3.63, 3.8) is 0 Å². The average molecular weight is 314 g/mol. The van der Waals surface area contributed by atoms with Crippen LogP contribution in [0.1, 0.15) is 40.5 Å². The predicted octanol–water partition coefficient (Wildman–Crippen LogP) is 1.47. The van der Waals surface area contributed by atoms with Crippen molar-refractivity contribution in [3.8, 4) is 0 Å². The SMILES string of the molecule is CCOC1CCN([C@@H]2CN(C(=O)OC(C)(C)C)C[C@H]2O)CC1. The minimum absolute atomic E-state index is 0.00935. The van der Waals surface area contributed by atoms with E-state index in [4.69, 9.17) is 9.47 Å². The van der Waals surface area contributed by atoms with Crippen LogP contribution in [0.4, 0.5) is 4.79 Å². The van der Waals surface area contributed by atoms with E-state index >= 15 is 0 Å². The number of ether oxygens (including phenoxy) is 2. The predicted molar refractivity (Wildman–Crippen MR) is 83.8 cm³/mol. The van der Waals surface area contributed by atoms with Crippen molar-refractivity contribution in [1.29, 1.82) is 0 Å². The van der Waals surface area contributed by atoms with Gasteiger partial charge in [0.25, 0.3) is 0 Å². The summed E-state index contributed by atoms with van der Waals surface area (Å²) >= 11 is 0. The molecule has 6 heteroatoms. The highest BCUT2D eigenvalue weighted by atomic mass is 16.6. The van der Waals surface area contributed by atoms with Gasteiger partial charge in [0.15, 0.2) is 0 Å². The van der Waals surface area contributed by atoms with E-state index in [1.54, 1.807) is 4.90 Å². The molecule has 1 amide bonds. The van der Waals surface area contributed by atoms with Crippen molar-refractivity contribution in [2.45, 2.75) is 64.4 Å². The first kappa shape index (κ1) is 17.5. The number of likely N-dealkylation sites (tertiary alicyclic amines) is 2. The van der Waals surface area contributed by atoms with E-state index in [0.29, 0.717) is 19.2 Å². The van der Waals surface area contributed by atoms with Crippen LogP contribution in [0.25, 0.3) is 0 Å². The lowest BCUT2D eigenvalue weighted by molar-refractivity contribution is -0.00941. The molecule has 2 fully saturated rings. The molecule has 2 aliphatic heterocycles. The molecule has 0 aromatic heterocycles. The van der Waals surface area contributed by atoms with Crippen molar-refractivity contribution < 1.29 is 19.4 Å². The maximum Gasteiger partial charge on any atom is 0.410 e. The molecule has 0 bridgehead atoms. The molecule has 2 rings (SSSR count). The van der Waals surface area contributed by atoms with Crippen LogP contribution in [-0.4, -0.2) is 77.6 Å². The third kappa shape index (κ3) is 4.57. The maximum absolute atomic E-state index is 12.1. The van der Waals surface area contributed by atoms with Crippen molar-refractivity contribution >= 4 is 6.09 Å². The summed E-state index contributed by atoms with van der Waals surface area (Å²) in [6.07, 6.45) is 1.48. The molecule has 6 nitrogen and oxygen atoms in total. The fourth-order valence-electron chi connectivity index (χ4n) is 3.21. The van der Waals surface area contributed by atoms with Gasteiger partial charge in [0.1, 0.15) is 5.60 Å². The molecule has 0 aromatic rings. The monoisotopic (exact) mass is 314 g/mol. The van der Waals surface area contributed by atoms with Crippen LogP contribution in [0.2, 0.25) is 0 Å². The molecule has 2 saturated heterocycles. The fourth-order valence-corrected chi connectivity index (χ4v) is 3.21. The summed E-state index contributed by atoms with van der Waals surface area (Å²) in [5.41, 5.74) is -0.504. The number of aliphatic hydroxyl groups is 1. The Kier molecular flexibility index (Phi) is 5.69. The van der Waals surface area contributed by atoms with Gasteiger partial charge < -0.3 is 19.5 Å². The van der Waals surface area contributed by atoms with Gasteiger partial charge in [0.2, 0.25) is 0 Å². The van der Waals surface area contributed by atoms with Crippen LogP contribution in [-0.2, 0) is 9.47 Å². The zero-order valence-electron chi connectivity index (χ0n) is 14.2. The first-order valence-corrected chi connectivity index (χ1v) is 8.32. The van der Waals surface area contributed by atoms with Crippen LogP contribution in [0.15, 0.2) is 0 Å². The van der Waals surface area contributed by atoms with Gasteiger partial charge in [-0.05, 0) is 40.5 Å². The van der Waals surface area contributed by atoms with Gasteiger partial charge in [-0.1, -0.05) is 0 Å². The largest absolute Gasteiger partial charge is 0.444 e. The van der Waals surface area contributed by atoms with Crippen molar-refractivity contribution in [2.75, 3.05) is 32.8 Å². The van der Waals surface area contributed by atoms with E-state index in [9.17, 15) is 9.90 Å². The van der Waals surface area contributed by atoms with Crippen LogP contribution in [0, 0.1) is 0 Å². The Morgan fingerprint density at radius 3 is 2.41 bits per heavy atom. The first-order valence-electron chi connectivity index (χ1n) is 8.32. The van der Waals surface area contributed by atoms with Crippen molar-refractivity contribution in [2.24, 2.45) is 0 Å². The molecule has 0 spiro atoms. The second-order valence-electron chi connectivity index (χ2n) is 7.21. The number of carbonyl (C=O) groups excluding carboxylic acids is 1. The van der Waals surface area contributed by atoms with E-state index < -0.39 is 11.7 Å². The molecular formula is C16H30N2O4. The minimum Gasteiger partial charge on any atom is -0.444 e. The molecule has 0 saturated carbocycles. The molecule has 128 valence electrons. The number of piperidine rings is 1. The van der Waals surface area contributed by atoms with E-state index in [1.165, 1.54) is 0 Å². The van der Waals surface area contributed by atoms with Crippen molar-refractivity contribution in [1.82, 2.24) is 9.80 Å². The van der Waals surface area contributed by atoms with E-state index in [0.717, 1.165) is 32.5 Å². The van der Waals surface area contributed by atoms with Gasteiger partial charge in [-0.3, -0.25) is 4.90 Å². The normalized spacial score (nSPS) is 28.1. The third-order valence-corrected chi connectivity index (χ3v) is 4.26. The van der Waals surface area contributed by atoms with Crippen LogP contribution in [0.5, 0.6) is 0 Å². The fraction of sp³-hybridized carbons (Fsp3) is 0.938. The molecule has 0 radical (unpaired) electrons. The highest BCUT2D eigenvalue weighted by molar-refractivity contribution is 5.68. The van der Waals surface area contributed by atoms with Gasteiger partial charge in [-0.2, -0.15) is 0 Å². The van der Waals surface area contributed by atoms with E-state index in [2.05, 4.69) is 4.90 Å². The van der Waals surface area contributed by atoms with Gasteiger partial charge in [-0.15, -0.1) is 0 Å². The Morgan fingerprint density at radius 1 is 1.23 bits per heavy atom. The number of nitrogens with zero attached hydrogens (tertiary/aromatic N) is 2. The van der Waals surface area contributed by atoms with Gasteiger partial charge in [0, 0.05) is 26.2 Å². The number of hydrogen-bond donors (Lipinski definition) is 1. The Balaban J connectivity index is 1.85. The van der Waals surface area contributed by atoms with Crippen LogP contribution >= 0.6 is 0 Å². The summed E-state index contributed by atoms with van der Waals surface area (Å²) in [6, 6.07) is 0.00935. The Hall–Kier alpha value is -0.850. The number of rotatable bonds is 3. The Bertz CT molecular complexity index is 375. The molecule has 2 aliphatic rings. The quantitative estimate of drug-likeness (QED) is 0.855. The number of aliphatic hydroxyl groups excluding tert-OH is 1. The number of amides is 1. The average Bonchev–Trinajstić information content (AvgIpc) is 2.80. The molecular weight excluding hydrogens is 284 g/mol. The number of β-amino-alcohol motifs (C(OH)–C–C–N with tert-alkyl or cyclic N) is 1. The number of hydrogen-bond acceptors (Lipinski definition) is 5. The first-order chi connectivity index (χ1) is 10.3. The lowest BCUT2D eigenvalue weighted by Crippen LogP contribution is -2.48. The molecule has 0 aromatic carbocycles. The second-order valence-corrected chi connectivity index (χ2v) is 7.21. The summed E-state index contributed by atoms with van der Waals surface area (Å²) in [5, 5.41) is 10.3. The van der Waals surface area contributed by atoms with Gasteiger partial charge >= 0.3 is 6.09 Å². The Morgan fingerprint density at radius 2 is 1.86 bits per heavy atom. The lowest BCUT2D eigenvalue weighted by atomic mass is 10.0. The highest BCUT2D eigenvalue weighted by Gasteiger charge is 2.40. The summed E-state index contributed by atoms with van der Waals surface area (Å²) < 4.78 is 11.1. The molecule has 0 aliphatic carbocycles. The summed E-state index contributed by atoms with van der Waals surface area (Å²) in [7, 11) is 0.